The standard InChI is InChI=1S/C22H22Cl2FN5OS/c23-17-5-4-6-18(24)21(17)26-20(31)14-32-22-28-27-19(13-29-11-2-1-3-12-29)30(22)16-9-7-15(25)8-10-16/h4-10H,1-3,11-14H2,(H,26,31). The lowest BCUT2D eigenvalue weighted by molar-refractivity contribution is -0.113. The van der Waals surface area contributed by atoms with Crippen LogP contribution in [0.2, 0.25) is 10.0 Å². The summed E-state index contributed by atoms with van der Waals surface area (Å²) in [7, 11) is 0. The number of benzene rings is 2. The van der Waals surface area contributed by atoms with Crippen LogP contribution >= 0.6 is 35.0 Å². The van der Waals surface area contributed by atoms with Crippen LogP contribution in [0.1, 0.15) is 25.1 Å². The Bertz CT molecular complexity index is 1070. The Morgan fingerprint density at radius 2 is 1.72 bits per heavy atom. The Morgan fingerprint density at radius 3 is 2.41 bits per heavy atom. The van der Waals surface area contributed by atoms with Crippen molar-refractivity contribution in [2.24, 2.45) is 0 Å². The summed E-state index contributed by atoms with van der Waals surface area (Å²) in [5, 5.41) is 12.7. The van der Waals surface area contributed by atoms with Crippen LogP contribution in [0.3, 0.4) is 0 Å². The number of thioether (sulfide) groups is 1. The van der Waals surface area contributed by atoms with E-state index in [1.807, 2.05) is 4.57 Å². The fourth-order valence-electron chi connectivity index (χ4n) is 3.59. The van der Waals surface area contributed by atoms with Crippen LogP contribution in [0.4, 0.5) is 10.1 Å². The van der Waals surface area contributed by atoms with E-state index in [2.05, 4.69) is 20.4 Å². The highest BCUT2D eigenvalue weighted by Gasteiger charge is 2.20. The predicted molar refractivity (Wildman–Crippen MR) is 126 cm³/mol. The number of nitrogens with one attached hydrogen (secondary N) is 1. The molecule has 0 spiro atoms. The van der Waals surface area contributed by atoms with Gasteiger partial charge in [0.25, 0.3) is 0 Å². The highest BCUT2D eigenvalue weighted by Crippen LogP contribution is 2.30. The number of nitrogens with zero attached hydrogens (tertiary/aromatic N) is 4. The lowest BCUT2D eigenvalue weighted by Gasteiger charge is -2.26. The third-order valence-corrected chi connectivity index (χ3v) is 6.72. The molecule has 10 heteroatoms. The van der Waals surface area contributed by atoms with Gasteiger partial charge in [-0.2, -0.15) is 0 Å². The molecule has 0 saturated carbocycles. The molecule has 1 saturated heterocycles. The number of amides is 1. The molecule has 1 amide bonds. The Balaban J connectivity index is 1.52. The van der Waals surface area contributed by atoms with Crippen LogP contribution in [0.25, 0.3) is 5.69 Å². The van der Waals surface area contributed by atoms with Gasteiger partial charge in [0.05, 0.1) is 28.0 Å². The molecule has 0 unspecified atom stereocenters. The molecule has 1 aromatic heterocycles. The minimum atomic E-state index is -0.315. The number of hydrogen-bond acceptors (Lipinski definition) is 5. The first-order valence-electron chi connectivity index (χ1n) is 10.3. The molecule has 6 nitrogen and oxygen atoms in total. The van der Waals surface area contributed by atoms with Crippen molar-refractivity contribution in [1.29, 1.82) is 0 Å². The maximum absolute atomic E-state index is 13.5. The fraction of sp³-hybridized carbons (Fsp3) is 0.318. The van der Waals surface area contributed by atoms with Gasteiger partial charge in [0, 0.05) is 5.69 Å². The number of aromatic nitrogens is 3. The molecule has 0 aliphatic carbocycles. The summed E-state index contributed by atoms with van der Waals surface area (Å²) in [4.78, 5) is 14.9. The van der Waals surface area contributed by atoms with Crippen LogP contribution in [0, 0.1) is 5.82 Å². The molecule has 2 aromatic carbocycles. The summed E-state index contributed by atoms with van der Waals surface area (Å²) < 4.78 is 15.4. The lowest BCUT2D eigenvalue weighted by atomic mass is 10.1. The summed E-state index contributed by atoms with van der Waals surface area (Å²) in [5.41, 5.74) is 1.13. The van der Waals surface area contributed by atoms with Crippen molar-refractivity contribution < 1.29 is 9.18 Å². The first-order valence-corrected chi connectivity index (χ1v) is 12.0. The Kier molecular flexibility index (Phi) is 7.67. The quantitative estimate of drug-likeness (QED) is 0.444. The van der Waals surface area contributed by atoms with Gasteiger partial charge in [0.1, 0.15) is 5.82 Å². The number of carbonyl (C=O) groups excluding carboxylic acids is 1. The second-order valence-corrected chi connectivity index (χ2v) is 9.24. The molecule has 0 bridgehead atoms. The zero-order valence-corrected chi connectivity index (χ0v) is 19.6. The van der Waals surface area contributed by atoms with Gasteiger partial charge in [-0.05, 0) is 62.3 Å². The molecule has 2 heterocycles. The number of para-hydroxylation sites is 1. The van der Waals surface area contributed by atoms with Gasteiger partial charge in [-0.3, -0.25) is 14.3 Å². The highest BCUT2D eigenvalue weighted by atomic mass is 35.5. The first kappa shape index (κ1) is 23.0. The van der Waals surface area contributed by atoms with Crippen molar-refractivity contribution in [3.05, 3.63) is 64.2 Å². The van der Waals surface area contributed by atoms with E-state index in [1.165, 1.54) is 30.3 Å². The maximum Gasteiger partial charge on any atom is 0.234 e. The molecule has 0 atom stereocenters. The normalized spacial score (nSPS) is 14.5. The second kappa shape index (κ2) is 10.7. The van der Waals surface area contributed by atoms with E-state index in [1.54, 1.807) is 30.3 Å². The van der Waals surface area contributed by atoms with E-state index >= 15 is 0 Å². The fourth-order valence-corrected chi connectivity index (χ4v) is 4.85. The molecule has 168 valence electrons. The van der Waals surface area contributed by atoms with Crippen LogP contribution in [0.5, 0.6) is 0 Å². The van der Waals surface area contributed by atoms with Gasteiger partial charge >= 0.3 is 0 Å². The van der Waals surface area contributed by atoms with Gasteiger partial charge in [0.2, 0.25) is 5.91 Å². The van der Waals surface area contributed by atoms with E-state index in [0.29, 0.717) is 27.4 Å². The number of anilines is 1. The average molecular weight is 494 g/mol. The smallest absolute Gasteiger partial charge is 0.234 e. The largest absolute Gasteiger partial charge is 0.323 e. The third kappa shape index (κ3) is 5.61. The predicted octanol–water partition coefficient (Wildman–Crippen LogP) is 5.43. The van der Waals surface area contributed by atoms with E-state index in [4.69, 9.17) is 23.2 Å². The number of hydrogen-bond donors (Lipinski definition) is 1. The van der Waals surface area contributed by atoms with Crippen molar-refractivity contribution in [3.63, 3.8) is 0 Å². The monoisotopic (exact) mass is 493 g/mol. The summed E-state index contributed by atoms with van der Waals surface area (Å²) in [6.07, 6.45) is 3.57. The van der Waals surface area contributed by atoms with E-state index in [9.17, 15) is 9.18 Å². The summed E-state index contributed by atoms with van der Waals surface area (Å²) >= 11 is 13.5. The van der Waals surface area contributed by atoms with Gasteiger partial charge in [-0.25, -0.2) is 4.39 Å². The number of piperidine rings is 1. The third-order valence-electron chi connectivity index (χ3n) is 5.16. The molecule has 3 aromatic rings. The van der Waals surface area contributed by atoms with Crippen LogP contribution < -0.4 is 5.32 Å². The van der Waals surface area contributed by atoms with E-state index in [0.717, 1.165) is 37.4 Å². The van der Waals surface area contributed by atoms with Gasteiger partial charge in [-0.1, -0.05) is 47.5 Å². The summed E-state index contributed by atoms with van der Waals surface area (Å²) in [6.45, 7) is 2.67. The van der Waals surface area contributed by atoms with Crippen molar-refractivity contribution >= 4 is 46.6 Å². The first-order chi connectivity index (χ1) is 15.5. The lowest BCUT2D eigenvalue weighted by Crippen LogP contribution is -2.30. The number of likely N-dealkylation sites (tertiary alicyclic amines) is 1. The molecule has 1 N–H and O–H groups in total. The molecule has 1 fully saturated rings. The zero-order valence-electron chi connectivity index (χ0n) is 17.2. The Labute approximate surface area is 200 Å². The molecular formula is C22H22Cl2FN5OS. The number of rotatable bonds is 7. The molecule has 0 radical (unpaired) electrons. The van der Waals surface area contributed by atoms with Crippen LogP contribution in [-0.2, 0) is 11.3 Å². The molecule has 4 rings (SSSR count). The van der Waals surface area contributed by atoms with Gasteiger partial charge in [0.15, 0.2) is 11.0 Å². The van der Waals surface area contributed by atoms with Crippen molar-refractivity contribution in [3.8, 4) is 5.69 Å². The van der Waals surface area contributed by atoms with Crippen LogP contribution in [-0.4, -0.2) is 44.4 Å². The SMILES string of the molecule is O=C(CSc1nnc(CN2CCCCC2)n1-c1ccc(F)cc1)Nc1c(Cl)cccc1Cl. The molecular weight excluding hydrogens is 472 g/mol. The minimum Gasteiger partial charge on any atom is -0.323 e. The van der Waals surface area contributed by atoms with Crippen molar-refractivity contribution in [2.75, 3.05) is 24.2 Å². The van der Waals surface area contributed by atoms with Crippen LogP contribution in [0.15, 0.2) is 47.6 Å². The summed E-state index contributed by atoms with van der Waals surface area (Å²) in [6, 6.07) is 11.2. The minimum absolute atomic E-state index is 0.0879. The molecule has 32 heavy (non-hydrogen) atoms. The summed E-state index contributed by atoms with van der Waals surface area (Å²) in [5.74, 6) is 0.265. The molecule has 1 aliphatic heterocycles. The topological polar surface area (TPSA) is 63.1 Å². The van der Waals surface area contributed by atoms with E-state index < -0.39 is 0 Å². The van der Waals surface area contributed by atoms with Gasteiger partial charge < -0.3 is 5.32 Å². The number of halogens is 3. The Hall–Kier alpha value is -2.13. The second-order valence-electron chi connectivity index (χ2n) is 7.48. The highest BCUT2D eigenvalue weighted by molar-refractivity contribution is 7.99. The van der Waals surface area contributed by atoms with Crippen molar-refractivity contribution in [2.45, 2.75) is 31.0 Å². The zero-order chi connectivity index (χ0) is 22.5. The number of carbonyl (C=O) groups is 1. The van der Waals surface area contributed by atoms with Gasteiger partial charge in [-0.15, -0.1) is 10.2 Å². The average Bonchev–Trinajstić information content (AvgIpc) is 3.18. The van der Waals surface area contributed by atoms with E-state index in [-0.39, 0.29) is 17.5 Å². The maximum atomic E-state index is 13.5. The molecule has 1 aliphatic rings. The van der Waals surface area contributed by atoms with Crippen molar-refractivity contribution in [1.82, 2.24) is 19.7 Å². The Morgan fingerprint density at radius 1 is 1.03 bits per heavy atom.